The summed E-state index contributed by atoms with van der Waals surface area (Å²) in [6.45, 7) is 2.14. The summed E-state index contributed by atoms with van der Waals surface area (Å²) in [4.78, 5) is 0. The molecule has 0 aliphatic heterocycles. The van der Waals surface area contributed by atoms with Crippen molar-refractivity contribution in [3.05, 3.63) is 109 Å². The minimum absolute atomic E-state index is 1.25. The highest BCUT2D eigenvalue weighted by Crippen LogP contribution is 2.36. The Morgan fingerprint density at radius 1 is 0.452 bits per heavy atom. The highest BCUT2D eigenvalue weighted by molar-refractivity contribution is 6.20. The highest BCUT2D eigenvalue weighted by Gasteiger charge is 2.24. The maximum atomic E-state index is 2.48. The van der Waals surface area contributed by atoms with Gasteiger partial charge in [-0.15, -0.1) is 0 Å². The van der Waals surface area contributed by atoms with Gasteiger partial charge in [0, 0.05) is 22.9 Å². The molecule has 0 saturated heterocycles. The first-order valence-corrected chi connectivity index (χ1v) is 10.8. The number of hydrogen-bond donors (Lipinski definition) is 0. The van der Waals surface area contributed by atoms with Gasteiger partial charge >= 0.3 is 0 Å². The monoisotopic (exact) mass is 394 g/mol. The molecule has 0 bridgehead atoms. The van der Waals surface area contributed by atoms with E-state index >= 15 is 0 Å². The molecule has 31 heavy (non-hydrogen) atoms. The zero-order valence-electron chi connectivity index (χ0n) is 17.3. The van der Waals surface area contributed by atoms with Gasteiger partial charge in [-0.05, 0) is 42.3 Å². The fourth-order valence-corrected chi connectivity index (χ4v) is 5.25. The van der Waals surface area contributed by atoms with E-state index in [9.17, 15) is 0 Å². The number of fused-ring (bicyclic) bond motifs is 6. The summed E-state index contributed by atoms with van der Waals surface area (Å²) in [6, 6.07) is 37.9. The van der Waals surface area contributed by atoms with Crippen LogP contribution in [0.4, 0.5) is 0 Å². The van der Waals surface area contributed by atoms with E-state index in [4.69, 9.17) is 0 Å². The molecule has 0 amide bonds. The number of para-hydroxylation sites is 1. The van der Waals surface area contributed by atoms with Gasteiger partial charge in [0.25, 0.3) is 0 Å². The van der Waals surface area contributed by atoms with E-state index in [0.717, 1.165) is 0 Å². The summed E-state index contributed by atoms with van der Waals surface area (Å²) in [7, 11) is 0. The van der Waals surface area contributed by atoms with Gasteiger partial charge in [0.15, 0.2) is 0 Å². The van der Waals surface area contributed by atoms with Gasteiger partial charge in [-0.25, -0.2) is 0 Å². The first-order valence-electron chi connectivity index (χ1n) is 10.8. The molecule has 7 rings (SSSR count). The number of nitrogens with zero attached hydrogens (tertiary/aromatic N) is 1. The Bertz CT molecular complexity index is 1670. The van der Waals surface area contributed by atoms with Crippen molar-refractivity contribution in [2.45, 2.75) is 6.92 Å². The van der Waals surface area contributed by atoms with Crippen molar-refractivity contribution in [3.63, 3.8) is 0 Å². The van der Waals surface area contributed by atoms with Crippen LogP contribution in [0.25, 0.3) is 60.0 Å². The minimum Gasteiger partial charge on any atom is -0.152 e. The van der Waals surface area contributed by atoms with Gasteiger partial charge < -0.3 is 0 Å². The molecule has 144 valence electrons. The van der Waals surface area contributed by atoms with Crippen molar-refractivity contribution in [1.82, 2.24) is 0 Å². The number of pyridine rings is 3. The summed E-state index contributed by atoms with van der Waals surface area (Å²) in [6.07, 6.45) is 0. The van der Waals surface area contributed by atoms with Crippen LogP contribution in [0.15, 0.2) is 103 Å². The average molecular weight is 394 g/mol. The Hall–Kier alpha value is -3.97. The lowest BCUT2D eigenvalue weighted by Gasteiger charge is -2.12. The molecule has 1 heteroatoms. The zero-order valence-corrected chi connectivity index (χ0v) is 17.3. The third-order valence-electron chi connectivity index (χ3n) is 6.70. The third kappa shape index (κ3) is 2.23. The molecule has 3 heterocycles. The van der Waals surface area contributed by atoms with Crippen molar-refractivity contribution in [1.29, 1.82) is 0 Å². The number of aryl methyl sites for hydroxylation is 1. The predicted octanol–water partition coefficient (Wildman–Crippen LogP) is 7.45. The quantitative estimate of drug-likeness (QED) is 0.155. The maximum absolute atomic E-state index is 2.48. The number of rotatable bonds is 1. The molecule has 3 aromatic heterocycles. The van der Waals surface area contributed by atoms with E-state index in [1.165, 1.54) is 65.6 Å². The topological polar surface area (TPSA) is 4.10 Å². The Kier molecular flexibility index (Phi) is 3.26. The fraction of sp³-hybridized carbons (Fsp3) is 0.0333. The third-order valence-corrected chi connectivity index (χ3v) is 6.70. The standard InChI is InChI=1S/C30H20N/c1-19-13-15-20(16-14-19)21-17-28-24-9-4-2-7-22(24)26-11-6-12-27-23-8-3-5-10-25(23)29(18-21)31(28)30(26)27/h2-18H,1H3/q+1. The summed E-state index contributed by atoms with van der Waals surface area (Å²) < 4.78 is 2.48. The lowest BCUT2D eigenvalue weighted by atomic mass is 9.95. The van der Waals surface area contributed by atoms with Gasteiger partial charge in [-0.1, -0.05) is 72.3 Å². The van der Waals surface area contributed by atoms with Crippen molar-refractivity contribution in [2.75, 3.05) is 0 Å². The van der Waals surface area contributed by atoms with Crippen LogP contribution in [-0.4, -0.2) is 0 Å². The van der Waals surface area contributed by atoms with Crippen molar-refractivity contribution in [2.24, 2.45) is 0 Å². The van der Waals surface area contributed by atoms with Crippen molar-refractivity contribution in [3.8, 4) is 11.1 Å². The first kappa shape index (κ1) is 16.8. The molecule has 0 spiro atoms. The Labute approximate surface area is 180 Å². The molecule has 0 aliphatic rings. The van der Waals surface area contributed by atoms with Crippen LogP contribution < -0.4 is 4.40 Å². The Morgan fingerprint density at radius 2 is 0.935 bits per heavy atom. The SMILES string of the molecule is Cc1ccc(-c2cc3c4ccccc4c4cccc5c6ccccc6c(c2)[n+]3c45)cc1. The lowest BCUT2D eigenvalue weighted by molar-refractivity contribution is -0.448. The largest absolute Gasteiger partial charge is 0.227 e. The number of aromatic nitrogens is 1. The smallest absolute Gasteiger partial charge is 0.152 e. The molecule has 0 saturated carbocycles. The minimum atomic E-state index is 1.25. The molecule has 0 unspecified atom stereocenters. The van der Waals surface area contributed by atoms with Crippen LogP contribution in [0.5, 0.6) is 0 Å². The van der Waals surface area contributed by atoms with Gasteiger partial charge in [0.1, 0.15) is 0 Å². The highest BCUT2D eigenvalue weighted by atomic mass is 14.9. The second kappa shape index (κ2) is 6.02. The fourth-order valence-electron chi connectivity index (χ4n) is 5.25. The van der Waals surface area contributed by atoms with E-state index in [1.54, 1.807) is 0 Å². The molecule has 0 fully saturated rings. The Morgan fingerprint density at radius 3 is 1.48 bits per heavy atom. The maximum Gasteiger partial charge on any atom is 0.227 e. The average Bonchev–Trinajstić information content (AvgIpc) is 2.83. The summed E-state index contributed by atoms with van der Waals surface area (Å²) in [5.41, 5.74) is 7.63. The van der Waals surface area contributed by atoms with Crippen molar-refractivity contribution >= 4 is 48.9 Å². The molecular formula is C30H20N+. The van der Waals surface area contributed by atoms with E-state index in [2.05, 4.69) is 114 Å². The molecule has 0 radical (unpaired) electrons. The molecule has 1 nitrogen and oxygen atoms in total. The summed E-state index contributed by atoms with van der Waals surface area (Å²) in [5, 5.41) is 7.83. The molecule has 0 atom stereocenters. The molecule has 0 N–H and O–H groups in total. The summed E-state index contributed by atoms with van der Waals surface area (Å²) >= 11 is 0. The number of hydrogen-bond acceptors (Lipinski definition) is 0. The predicted molar refractivity (Wildman–Crippen MR) is 131 cm³/mol. The van der Waals surface area contributed by atoms with Crippen LogP contribution in [0.1, 0.15) is 5.56 Å². The van der Waals surface area contributed by atoms with Crippen LogP contribution in [0, 0.1) is 6.92 Å². The van der Waals surface area contributed by atoms with Crippen LogP contribution in [0.2, 0.25) is 0 Å². The molecule has 4 aromatic carbocycles. The van der Waals surface area contributed by atoms with Gasteiger partial charge in [-0.3, -0.25) is 0 Å². The van der Waals surface area contributed by atoms with E-state index < -0.39 is 0 Å². The molecule has 7 aromatic rings. The second-order valence-corrected chi connectivity index (χ2v) is 8.51. The van der Waals surface area contributed by atoms with Crippen LogP contribution in [0.3, 0.4) is 0 Å². The summed E-state index contributed by atoms with van der Waals surface area (Å²) in [5.74, 6) is 0. The zero-order chi connectivity index (χ0) is 20.5. The second-order valence-electron chi connectivity index (χ2n) is 8.51. The molecule has 0 aliphatic carbocycles. The van der Waals surface area contributed by atoms with Gasteiger partial charge in [-0.2, -0.15) is 4.40 Å². The normalized spacial score (nSPS) is 12.0. The van der Waals surface area contributed by atoms with Gasteiger partial charge in [0.2, 0.25) is 16.6 Å². The molecular weight excluding hydrogens is 374 g/mol. The lowest BCUT2D eigenvalue weighted by Crippen LogP contribution is -2.26. The van der Waals surface area contributed by atoms with E-state index in [-0.39, 0.29) is 0 Å². The van der Waals surface area contributed by atoms with Crippen LogP contribution in [-0.2, 0) is 0 Å². The van der Waals surface area contributed by atoms with E-state index in [0.29, 0.717) is 0 Å². The Balaban J connectivity index is 1.82. The number of benzene rings is 4. The van der Waals surface area contributed by atoms with Gasteiger partial charge in [0.05, 0.1) is 21.5 Å². The van der Waals surface area contributed by atoms with Crippen molar-refractivity contribution < 1.29 is 4.40 Å². The van der Waals surface area contributed by atoms with Crippen LogP contribution >= 0.6 is 0 Å². The first-order chi connectivity index (χ1) is 15.3. The van der Waals surface area contributed by atoms with E-state index in [1.807, 2.05) is 0 Å².